The van der Waals surface area contributed by atoms with Crippen LogP contribution in [-0.4, -0.2) is 25.8 Å². The molecule has 1 aromatic rings. The van der Waals surface area contributed by atoms with Gasteiger partial charge in [0.25, 0.3) is 0 Å². The van der Waals surface area contributed by atoms with E-state index < -0.39 is 0 Å². The number of hydrogen-bond donors (Lipinski definition) is 1. The smallest absolute Gasteiger partial charge is 0.123 e. The number of rotatable bonds is 8. The third-order valence-corrected chi connectivity index (χ3v) is 3.14. The first-order chi connectivity index (χ1) is 8.71. The van der Waals surface area contributed by atoms with E-state index in [0.29, 0.717) is 0 Å². The quantitative estimate of drug-likeness (QED) is 0.768. The molecule has 18 heavy (non-hydrogen) atoms. The Morgan fingerprint density at radius 2 is 2.11 bits per heavy atom. The predicted molar refractivity (Wildman–Crippen MR) is 73.3 cm³/mol. The Labute approximate surface area is 110 Å². The van der Waals surface area contributed by atoms with Gasteiger partial charge in [-0.2, -0.15) is 0 Å². The topological polar surface area (TPSA) is 21.3 Å². The number of hydrogen-bond acceptors (Lipinski definition) is 2. The van der Waals surface area contributed by atoms with Crippen LogP contribution in [0, 0.1) is 5.82 Å². The summed E-state index contributed by atoms with van der Waals surface area (Å²) in [5.74, 6) is -0.174. The minimum Gasteiger partial charge on any atom is -0.380 e. The SMILES string of the molecule is CCCC(OC)C(Cc1cccc(F)c1)NCC. The molecule has 0 saturated heterocycles. The van der Waals surface area contributed by atoms with Gasteiger partial charge in [-0.25, -0.2) is 4.39 Å². The van der Waals surface area contributed by atoms with Crippen LogP contribution in [0.4, 0.5) is 4.39 Å². The first-order valence-corrected chi connectivity index (χ1v) is 6.71. The summed E-state index contributed by atoms with van der Waals surface area (Å²) in [6.07, 6.45) is 3.08. The van der Waals surface area contributed by atoms with Gasteiger partial charge < -0.3 is 10.1 Å². The fourth-order valence-corrected chi connectivity index (χ4v) is 2.28. The molecule has 0 bridgehead atoms. The van der Waals surface area contributed by atoms with E-state index >= 15 is 0 Å². The molecule has 1 rings (SSSR count). The largest absolute Gasteiger partial charge is 0.380 e. The van der Waals surface area contributed by atoms with Gasteiger partial charge in [-0.05, 0) is 37.1 Å². The van der Waals surface area contributed by atoms with Crippen LogP contribution in [0.3, 0.4) is 0 Å². The van der Waals surface area contributed by atoms with E-state index in [1.54, 1.807) is 19.2 Å². The summed E-state index contributed by atoms with van der Waals surface area (Å²) in [6.45, 7) is 5.12. The lowest BCUT2D eigenvalue weighted by atomic mass is 9.98. The van der Waals surface area contributed by atoms with E-state index in [0.717, 1.165) is 31.4 Å². The van der Waals surface area contributed by atoms with Crippen LogP contribution in [0.1, 0.15) is 32.3 Å². The van der Waals surface area contributed by atoms with Crippen molar-refractivity contribution in [3.05, 3.63) is 35.6 Å². The molecule has 0 amide bonds. The van der Waals surface area contributed by atoms with E-state index in [1.807, 2.05) is 6.07 Å². The van der Waals surface area contributed by atoms with Crippen LogP contribution in [-0.2, 0) is 11.2 Å². The molecule has 102 valence electrons. The third-order valence-electron chi connectivity index (χ3n) is 3.14. The number of nitrogens with one attached hydrogen (secondary N) is 1. The zero-order valence-corrected chi connectivity index (χ0v) is 11.6. The molecule has 2 atom stereocenters. The van der Waals surface area contributed by atoms with Gasteiger partial charge in [0.05, 0.1) is 6.10 Å². The van der Waals surface area contributed by atoms with Crippen molar-refractivity contribution in [3.8, 4) is 0 Å². The molecule has 2 nitrogen and oxygen atoms in total. The Hall–Kier alpha value is -0.930. The predicted octanol–water partition coefficient (Wildman–Crippen LogP) is 3.16. The van der Waals surface area contributed by atoms with Crippen molar-refractivity contribution in [2.24, 2.45) is 0 Å². The van der Waals surface area contributed by atoms with Gasteiger partial charge >= 0.3 is 0 Å². The average molecular weight is 253 g/mol. The molecule has 0 saturated carbocycles. The number of benzene rings is 1. The van der Waals surface area contributed by atoms with Crippen molar-refractivity contribution >= 4 is 0 Å². The van der Waals surface area contributed by atoms with Crippen LogP contribution in [0.15, 0.2) is 24.3 Å². The summed E-state index contributed by atoms with van der Waals surface area (Å²) in [4.78, 5) is 0. The van der Waals surface area contributed by atoms with E-state index in [9.17, 15) is 4.39 Å². The number of ether oxygens (including phenoxy) is 1. The lowest BCUT2D eigenvalue weighted by molar-refractivity contribution is 0.0614. The molecule has 2 unspecified atom stereocenters. The number of likely N-dealkylation sites (N-methyl/N-ethyl adjacent to an activating group) is 1. The molecule has 1 aromatic carbocycles. The maximum Gasteiger partial charge on any atom is 0.123 e. The molecule has 0 radical (unpaired) electrons. The average Bonchev–Trinajstić information content (AvgIpc) is 2.35. The maximum atomic E-state index is 13.2. The van der Waals surface area contributed by atoms with Crippen LogP contribution in [0.2, 0.25) is 0 Å². The number of methoxy groups -OCH3 is 1. The van der Waals surface area contributed by atoms with E-state index in [4.69, 9.17) is 4.74 Å². The Kier molecular flexibility index (Phi) is 6.91. The molecule has 0 aliphatic heterocycles. The van der Waals surface area contributed by atoms with Gasteiger partial charge in [-0.3, -0.25) is 0 Å². The molecule has 0 fully saturated rings. The zero-order chi connectivity index (χ0) is 13.4. The Balaban J connectivity index is 2.72. The van der Waals surface area contributed by atoms with E-state index in [-0.39, 0.29) is 18.0 Å². The van der Waals surface area contributed by atoms with Crippen molar-refractivity contribution in [3.63, 3.8) is 0 Å². The molecule has 1 N–H and O–H groups in total. The van der Waals surface area contributed by atoms with Crippen LogP contribution in [0.25, 0.3) is 0 Å². The molecule has 0 aliphatic rings. The Morgan fingerprint density at radius 1 is 1.33 bits per heavy atom. The lowest BCUT2D eigenvalue weighted by Gasteiger charge is -2.26. The van der Waals surface area contributed by atoms with Gasteiger partial charge in [0.15, 0.2) is 0 Å². The summed E-state index contributed by atoms with van der Waals surface area (Å²) in [5.41, 5.74) is 1.01. The number of halogens is 1. The Bertz CT molecular complexity index is 343. The highest BCUT2D eigenvalue weighted by Gasteiger charge is 2.20. The highest BCUT2D eigenvalue weighted by atomic mass is 19.1. The molecule has 0 heterocycles. The zero-order valence-electron chi connectivity index (χ0n) is 11.6. The molecule has 0 aliphatic carbocycles. The second-order valence-electron chi connectivity index (χ2n) is 4.56. The fraction of sp³-hybridized carbons (Fsp3) is 0.600. The van der Waals surface area contributed by atoms with Gasteiger partial charge in [0, 0.05) is 13.2 Å². The van der Waals surface area contributed by atoms with Gasteiger partial charge in [0.1, 0.15) is 5.82 Å². The summed E-state index contributed by atoms with van der Waals surface area (Å²) < 4.78 is 18.7. The summed E-state index contributed by atoms with van der Waals surface area (Å²) in [6, 6.07) is 7.04. The van der Waals surface area contributed by atoms with Gasteiger partial charge in [-0.15, -0.1) is 0 Å². The Morgan fingerprint density at radius 3 is 2.67 bits per heavy atom. The van der Waals surface area contributed by atoms with Gasteiger partial charge in [0.2, 0.25) is 0 Å². The third kappa shape index (κ3) is 4.75. The molecule has 0 aromatic heterocycles. The normalized spacial score (nSPS) is 14.4. The van der Waals surface area contributed by atoms with Crippen molar-refractivity contribution in [2.45, 2.75) is 45.3 Å². The summed E-state index contributed by atoms with van der Waals surface area (Å²) in [7, 11) is 1.75. The van der Waals surface area contributed by atoms with Crippen LogP contribution < -0.4 is 5.32 Å². The van der Waals surface area contributed by atoms with E-state index in [1.165, 1.54) is 6.07 Å². The monoisotopic (exact) mass is 253 g/mol. The summed E-state index contributed by atoms with van der Waals surface area (Å²) in [5, 5.41) is 3.44. The van der Waals surface area contributed by atoms with Crippen molar-refractivity contribution < 1.29 is 9.13 Å². The highest BCUT2D eigenvalue weighted by Crippen LogP contribution is 2.13. The highest BCUT2D eigenvalue weighted by molar-refractivity contribution is 5.17. The molecule has 3 heteroatoms. The molecule has 0 spiro atoms. The first kappa shape index (κ1) is 15.1. The fourth-order valence-electron chi connectivity index (χ4n) is 2.28. The minimum atomic E-state index is -0.174. The second kappa shape index (κ2) is 8.22. The van der Waals surface area contributed by atoms with Crippen LogP contribution in [0.5, 0.6) is 0 Å². The lowest BCUT2D eigenvalue weighted by Crippen LogP contribution is -2.42. The van der Waals surface area contributed by atoms with Crippen molar-refractivity contribution in [1.29, 1.82) is 0 Å². The van der Waals surface area contributed by atoms with E-state index in [2.05, 4.69) is 19.2 Å². The standard InChI is InChI=1S/C15H24FNO/c1-4-7-15(18-3)14(17-5-2)11-12-8-6-9-13(16)10-12/h6,8-10,14-15,17H,4-5,7,11H2,1-3H3. The second-order valence-corrected chi connectivity index (χ2v) is 4.56. The molecular formula is C15H24FNO. The first-order valence-electron chi connectivity index (χ1n) is 6.71. The summed E-state index contributed by atoms with van der Waals surface area (Å²) >= 11 is 0. The maximum absolute atomic E-state index is 13.2. The molecular weight excluding hydrogens is 229 g/mol. The minimum absolute atomic E-state index is 0.174. The van der Waals surface area contributed by atoms with Gasteiger partial charge in [-0.1, -0.05) is 32.4 Å². The van der Waals surface area contributed by atoms with Crippen molar-refractivity contribution in [1.82, 2.24) is 5.32 Å². The van der Waals surface area contributed by atoms with Crippen LogP contribution >= 0.6 is 0 Å². The van der Waals surface area contributed by atoms with Crippen molar-refractivity contribution in [2.75, 3.05) is 13.7 Å².